The molecule has 0 saturated carbocycles. The monoisotopic (exact) mass is 348 g/mol. The van der Waals surface area contributed by atoms with Crippen molar-refractivity contribution in [3.8, 4) is 0 Å². The van der Waals surface area contributed by atoms with Crippen LogP contribution >= 0.6 is 27.5 Å². The number of hydrogen-bond donors (Lipinski definition) is 1. The van der Waals surface area contributed by atoms with Crippen molar-refractivity contribution in [2.24, 2.45) is 11.8 Å². The number of halogens is 2. The molecule has 1 aromatic carbocycles. The van der Waals surface area contributed by atoms with Gasteiger partial charge in [-0.3, -0.25) is 4.79 Å². The summed E-state index contributed by atoms with van der Waals surface area (Å²) in [6.45, 7) is 5.82. The van der Waals surface area contributed by atoms with Gasteiger partial charge in [0.2, 0.25) is 0 Å². The van der Waals surface area contributed by atoms with Crippen molar-refractivity contribution in [2.75, 3.05) is 6.61 Å². The molecule has 0 aliphatic heterocycles. The van der Waals surface area contributed by atoms with Gasteiger partial charge < -0.3 is 9.84 Å². The number of hydrogen-bond acceptors (Lipinski definition) is 3. The van der Waals surface area contributed by atoms with Crippen molar-refractivity contribution >= 4 is 33.5 Å². The van der Waals surface area contributed by atoms with Crippen LogP contribution in [0, 0.1) is 11.8 Å². The smallest absolute Gasteiger partial charge is 0.312 e. The largest absolute Gasteiger partial charge is 0.466 e. The van der Waals surface area contributed by atoms with Gasteiger partial charge in [0.25, 0.3) is 0 Å². The van der Waals surface area contributed by atoms with Gasteiger partial charge in [-0.2, -0.15) is 0 Å². The standard InChI is InChI=1S/C14H18BrClO3/c1-4-19-14(18)12(8(2)3)13(17)9-5-6-11(16)10(15)7-9/h5-8,12-13,17H,4H2,1-3H3. The summed E-state index contributed by atoms with van der Waals surface area (Å²) >= 11 is 9.23. The quantitative estimate of drug-likeness (QED) is 0.818. The third-order valence-electron chi connectivity index (χ3n) is 2.90. The second kappa shape index (κ2) is 7.27. The minimum Gasteiger partial charge on any atom is -0.466 e. The maximum absolute atomic E-state index is 11.9. The number of carbonyl (C=O) groups excluding carboxylic acids is 1. The summed E-state index contributed by atoms with van der Waals surface area (Å²) in [4.78, 5) is 11.9. The highest BCUT2D eigenvalue weighted by atomic mass is 79.9. The number of ether oxygens (including phenoxy) is 1. The maximum atomic E-state index is 11.9. The zero-order valence-corrected chi connectivity index (χ0v) is 13.5. The van der Waals surface area contributed by atoms with E-state index in [-0.39, 0.29) is 11.9 Å². The van der Waals surface area contributed by atoms with Crippen molar-refractivity contribution in [2.45, 2.75) is 26.9 Å². The van der Waals surface area contributed by atoms with E-state index in [2.05, 4.69) is 15.9 Å². The molecule has 0 radical (unpaired) electrons. The van der Waals surface area contributed by atoms with E-state index >= 15 is 0 Å². The molecule has 0 amide bonds. The van der Waals surface area contributed by atoms with Gasteiger partial charge in [0, 0.05) is 4.47 Å². The Morgan fingerprint density at radius 3 is 2.58 bits per heavy atom. The average Bonchev–Trinajstić information content (AvgIpc) is 2.32. The van der Waals surface area contributed by atoms with E-state index in [1.807, 2.05) is 13.8 Å². The summed E-state index contributed by atoms with van der Waals surface area (Å²) in [6.07, 6.45) is -0.910. The number of aliphatic hydroxyl groups is 1. The number of esters is 1. The molecular formula is C14H18BrClO3. The molecule has 5 heteroatoms. The van der Waals surface area contributed by atoms with E-state index < -0.39 is 12.0 Å². The lowest BCUT2D eigenvalue weighted by molar-refractivity contribution is -0.154. The SMILES string of the molecule is CCOC(=O)C(C(C)C)C(O)c1ccc(Cl)c(Br)c1. The van der Waals surface area contributed by atoms with E-state index in [9.17, 15) is 9.90 Å². The molecule has 3 nitrogen and oxygen atoms in total. The molecule has 1 aromatic rings. The van der Waals surface area contributed by atoms with Crippen molar-refractivity contribution in [1.82, 2.24) is 0 Å². The molecule has 106 valence electrons. The van der Waals surface area contributed by atoms with Crippen molar-refractivity contribution < 1.29 is 14.6 Å². The topological polar surface area (TPSA) is 46.5 Å². The lowest BCUT2D eigenvalue weighted by atomic mass is 9.86. The summed E-state index contributed by atoms with van der Waals surface area (Å²) in [5.74, 6) is -0.993. The Hall–Kier alpha value is -0.580. The minimum absolute atomic E-state index is 0.0245. The predicted molar refractivity (Wildman–Crippen MR) is 79.1 cm³/mol. The highest BCUT2D eigenvalue weighted by molar-refractivity contribution is 9.10. The molecule has 0 fully saturated rings. The summed E-state index contributed by atoms with van der Waals surface area (Å²) in [7, 11) is 0. The Morgan fingerprint density at radius 1 is 1.47 bits per heavy atom. The van der Waals surface area contributed by atoms with Gasteiger partial charge in [0.05, 0.1) is 23.7 Å². The molecule has 0 aliphatic rings. The van der Waals surface area contributed by atoms with Crippen molar-refractivity contribution in [3.05, 3.63) is 33.3 Å². The van der Waals surface area contributed by atoms with Crippen LogP contribution in [0.15, 0.2) is 22.7 Å². The number of aliphatic hydroxyl groups excluding tert-OH is 1. The Balaban J connectivity index is 3.01. The van der Waals surface area contributed by atoms with E-state index in [0.29, 0.717) is 21.7 Å². The molecular weight excluding hydrogens is 332 g/mol. The zero-order chi connectivity index (χ0) is 14.6. The molecule has 0 aliphatic carbocycles. The highest BCUT2D eigenvalue weighted by Gasteiger charge is 2.32. The molecule has 19 heavy (non-hydrogen) atoms. The highest BCUT2D eigenvalue weighted by Crippen LogP contribution is 2.32. The second-order valence-corrected chi connectivity index (χ2v) is 5.90. The molecule has 1 rings (SSSR count). The normalized spacial score (nSPS) is 14.3. The van der Waals surface area contributed by atoms with Crippen LogP contribution in [0.3, 0.4) is 0 Å². The van der Waals surface area contributed by atoms with Gasteiger partial charge in [-0.15, -0.1) is 0 Å². The summed E-state index contributed by atoms with van der Waals surface area (Å²) in [5, 5.41) is 11.0. The number of benzene rings is 1. The van der Waals surface area contributed by atoms with Crippen LogP contribution in [0.2, 0.25) is 5.02 Å². The molecule has 0 spiro atoms. The minimum atomic E-state index is -0.910. The van der Waals surface area contributed by atoms with Crippen LogP contribution in [0.5, 0.6) is 0 Å². The number of carbonyl (C=O) groups is 1. The first kappa shape index (κ1) is 16.5. The molecule has 2 unspecified atom stereocenters. The fraction of sp³-hybridized carbons (Fsp3) is 0.500. The van der Waals surface area contributed by atoms with E-state index in [0.717, 1.165) is 0 Å². The first-order valence-electron chi connectivity index (χ1n) is 6.18. The molecule has 0 aromatic heterocycles. The Morgan fingerprint density at radius 2 is 2.11 bits per heavy atom. The van der Waals surface area contributed by atoms with E-state index in [1.165, 1.54) is 0 Å². The Labute approximate surface area is 127 Å². The van der Waals surface area contributed by atoms with Gasteiger partial charge in [0.15, 0.2) is 0 Å². The van der Waals surface area contributed by atoms with Crippen molar-refractivity contribution in [3.63, 3.8) is 0 Å². The predicted octanol–water partition coefficient (Wildman–Crippen LogP) is 3.97. The summed E-state index contributed by atoms with van der Waals surface area (Å²) < 4.78 is 5.72. The van der Waals surface area contributed by atoms with Crippen LogP contribution in [-0.2, 0) is 9.53 Å². The van der Waals surface area contributed by atoms with Gasteiger partial charge in [0.1, 0.15) is 0 Å². The third kappa shape index (κ3) is 4.20. The third-order valence-corrected chi connectivity index (χ3v) is 4.12. The van der Waals surface area contributed by atoms with Crippen LogP contribution in [0.4, 0.5) is 0 Å². The van der Waals surface area contributed by atoms with Crippen LogP contribution in [0.25, 0.3) is 0 Å². The fourth-order valence-corrected chi connectivity index (χ4v) is 2.42. The first-order chi connectivity index (χ1) is 8.88. The molecule has 0 bridgehead atoms. The van der Waals surface area contributed by atoms with Gasteiger partial charge in [-0.25, -0.2) is 0 Å². The van der Waals surface area contributed by atoms with Crippen molar-refractivity contribution in [1.29, 1.82) is 0 Å². The fourth-order valence-electron chi connectivity index (χ4n) is 1.91. The van der Waals surface area contributed by atoms with Crippen LogP contribution in [0.1, 0.15) is 32.4 Å². The average molecular weight is 350 g/mol. The number of rotatable bonds is 5. The second-order valence-electron chi connectivity index (χ2n) is 4.64. The van der Waals surface area contributed by atoms with E-state index in [1.54, 1.807) is 25.1 Å². The summed E-state index contributed by atoms with van der Waals surface area (Å²) in [6, 6.07) is 5.13. The first-order valence-corrected chi connectivity index (χ1v) is 7.35. The lowest BCUT2D eigenvalue weighted by Gasteiger charge is -2.25. The molecule has 0 heterocycles. The van der Waals surface area contributed by atoms with Gasteiger partial charge in [-0.05, 0) is 46.5 Å². The van der Waals surface area contributed by atoms with E-state index in [4.69, 9.17) is 16.3 Å². The van der Waals surface area contributed by atoms with Crippen LogP contribution in [-0.4, -0.2) is 17.7 Å². The molecule has 2 atom stereocenters. The maximum Gasteiger partial charge on any atom is 0.312 e. The molecule has 1 N–H and O–H groups in total. The summed E-state index contributed by atoms with van der Waals surface area (Å²) in [5.41, 5.74) is 0.642. The lowest BCUT2D eigenvalue weighted by Crippen LogP contribution is -2.29. The Bertz CT molecular complexity index is 448. The van der Waals surface area contributed by atoms with Gasteiger partial charge in [-0.1, -0.05) is 31.5 Å². The van der Waals surface area contributed by atoms with Gasteiger partial charge >= 0.3 is 5.97 Å². The Kier molecular flexibility index (Phi) is 6.30. The molecule has 0 saturated heterocycles. The van der Waals surface area contributed by atoms with Crippen LogP contribution < -0.4 is 0 Å². The zero-order valence-electron chi connectivity index (χ0n) is 11.2.